The van der Waals surface area contributed by atoms with E-state index in [0.29, 0.717) is 38.5 Å². The fourth-order valence-corrected chi connectivity index (χ4v) is 13.4. The van der Waals surface area contributed by atoms with Crippen molar-refractivity contribution in [3.05, 3.63) is 11.6 Å². The average Bonchev–Trinajstić information content (AvgIpc) is 3.57. The first-order chi connectivity index (χ1) is 29.8. The van der Waals surface area contributed by atoms with Gasteiger partial charge in [-0.1, -0.05) is 39.3 Å². The zero-order valence-corrected chi connectivity index (χ0v) is 38.6. The molecule has 0 amide bonds. The van der Waals surface area contributed by atoms with Crippen LogP contribution in [0.2, 0.25) is 0 Å². The third-order valence-electron chi connectivity index (χ3n) is 16.1. The van der Waals surface area contributed by atoms with Crippen molar-refractivity contribution < 1.29 is 91.2 Å². The number of aliphatic hydroxyl groups is 8. The van der Waals surface area contributed by atoms with Crippen molar-refractivity contribution in [2.45, 2.75) is 210 Å². The lowest BCUT2D eigenvalue weighted by Gasteiger charge is -2.60. The summed E-state index contributed by atoms with van der Waals surface area (Å²) in [6, 6.07) is 0. The molecule has 0 aromatic heterocycles. The van der Waals surface area contributed by atoms with Crippen LogP contribution in [0.15, 0.2) is 11.6 Å². The highest BCUT2D eigenvalue weighted by atomic mass is 32.3. The van der Waals surface area contributed by atoms with Gasteiger partial charge in [0, 0.05) is 12.8 Å². The predicted octanol–water partition coefficient (Wildman–Crippen LogP) is 0.647. The molecule has 3 heterocycles. The van der Waals surface area contributed by atoms with Gasteiger partial charge in [0.15, 0.2) is 18.9 Å². The Hall–Kier alpha value is -1.28. The highest BCUT2D eigenvalue weighted by Gasteiger charge is 2.63. The van der Waals surface area contributed by atoms with Gasteiger partial charge in [0.25, 0.3) is 0 Å². The summed E-state index contributed by atoms with van der Waals surface area (Å²) >= 11 is 0. The number of Topliss-reactive ketones (excluding diaryl/α,β-unsaturated/α-hetero) is 1. The number of ether oxygens (including phenoxy) is 6. The van der Waals surface area contributed by atoms with Crippen LogP contribution in [0.3, 0.4) is 0 Å². The molecule has 0 aromatic rings. The summed E-state index contributed by atoms with van der Waals surface area (Å²) < 4.78 is 75.0. The van der Waals surface area contributed by atoms with Crippen LogP contribution in [0.4, 0.5) is 0 Å². The van der Waals surface area contributed by atoms with Crippen LogP contribution in [0.25, 0.3) is 0 Å². The summed E-state index contributed by atoms with van der Waals surface area (Å²) in [6.07, 6.45) is -16.4. The van der Waals surface area contributed by atoms with E-state index in [2.05, 4.69) is 19.9 Å². The zero-order valence-electron chi connectivity index (χ0n) is 37.8. The molecule has 19 nitrogen and oxygen atoms in total. The van der Waals surface area contributed by atoms with Crippen molar-refractivity contribution in [2.24, 2.45) is 40.4 Å². The van der Waals surface area contributed by atoms with Crippen LogP contribution in [0.5, 0.6) is 0 Å². The molecule has 7 aliphatic rings. The second kappa shape index (κ2) is 18.9. The van der Waals surface area contributed by atoms with Crippen LogP contribution in [-0.2, 0) is 47.8 Å². The third-order valence-corrected chi connectivity index (χ3v) is 16.6. The minimum Gasteiger partial charge on any atom is -0.389 e. The Morgan fingerprint density at radius 1 is 0.828 bits per heavy atom. The number of allylic oxidation sites excluding steroid dienone is 2. The van der Waals surface area contributed by atoms with E-state index in [1.165, 1.54) is 12.5 Å². The first-order valence-electron chi connectivity index (χ1n) is 23.0. The molecular weight excluding hydrogens is 865 g/mol. The maximum atomic E-state index is 13.1. The van der Waals surface area contributed by atoms with E-state index < -0.39 is 132 Å². The Balaban J connectivity index is 1.15. The molecule has 368 valence electrons. The summed E-state index contributed by atoms with van der Waals surface area (Å²) in [4.78, 5) is 13.1. The van der Waals surface area contributed by atoms with Gasteiger partial charge >= 0.3 is 10.4 Å². The van der Waals surface area contributed by atoms with Crippen molar-refractivity contribution in [2.75, 3.05) is 6.61 Å². The van der Waals surface area contributed by atoms with E-state index >= 15 is 0 Å². The third kappa shape index (κ3) is 9.79. The van der Waals surface area contributed by atoms with E-state index in [9.17, 15) is 58.6 Å². The Labute approximate surface area is 375 Å². The van der Waals surface area contributed by atoms with Crippen LogP contribution < -0.4 is 0 Å². The maximum absolute atomic E-state index is 13.1. The van der Waals surface area contributed by atoms with E-state index in [1.54, 1.807) is 13.8 Å². The molecule has 4 aliphatic carbocycles. The number of hydrogen-bond acceptors (Lipinski definition) is 18. The van der Waals surface area contributed by atoms with Gasteiger partial charge in [0.05, 0.1) is 36.6 Å². The maximum Gasteiger partial charge on any atom is 0.397 e. The minimum absolute atomic E-state index is 0.0243. The predicted molar refractivity (Wildman–Crippen MR) is 222 cm³/mol. The van der Waals surface area contributed by atoms with E-state index in [1.807, 2.05) is 13.8 Å². The van der Waals surface area contributed by atoms with Crippen molar-refractivity contribution in [3.8, 4) is 0 Å². The standard InChI is InChI=1S/C44H72O19S/c1-19(2)14-22(45)17-44(7,53)30-9-8-25-24-16-29(27-15-23(63-64(54,55)56)10-12-42(27,5)26(24)11-13-43(25,30)6)60-40-36(52)37(32(48)21(4)59-40)61-41-38(33(49)28(46)18-57-41)62-39-35(51)34(50)31(47)20(3)58-39/h11,19-21,23-25,27-41,46-53H,8-10,12-18H2,1-7H3,(H,54,55,56). The number of carbonyl (C=O) groups is 1. The average molecular weight is 937 g/mol. The first-order valence-corrected chi connectivity index (χ1v) is 24.4. The van der Waals surface area contributed by atoms with Gasteiger partial charge in [-0.3, -0.25) is 9.35 Å². The molecule has 0 aromatic carbocycles. The molecule has 7 rings (SSSR count). The van der Waals surface area contributed by atoms with Gasteiger partial charge in [-0.05, 0) is 106 Å². The molecule has 0 spiro atoms. The lowest BCUT2D eigenvalue weighted by atomic mass is 9.47. The normalized spacial score (nSPS) is 49.6. The number of ketones is 1. The second-order valence-corrected chi connectivity index (χ2v) is 22.1. The Bertz CT molecular complexity index is 1800. The summed E-state index contributed by atoms with van der Waals surface area (Å²) in [6.45, 7) is 12.6. The first kappa shape index (κ1) is 50.6. The van der Waals surface area contributed by atoms with E-state index in [4.69, 9.17) is 32.6 Å². The van der Waals surface area contributed by atoms with Gasteiger partial charge in [-0.15, -0.1) is 0 Å². The largest absolute Gasteiger partial charge is 0.397 e. The van der Waals surface area contributed by atoms with Crippen LogP contribution in [-0.4, -0.2) is 170 Å². The van der Waals surface area contributed by atoms with Crippen molar-refractivity contribution >= 4 is 16.2 Å². The fraction of sp³-hybridized carbons (Fsp3) is 0.932. The van der Waals surface area contributed by atoms with Gasteiger partial charge in [0.2, 0.25) is 0 Å². The van der Waals surface area contributed by atoms with Crippen molar-refractivity contribution in [1.29, 1.82) is 0 Å². The quantitative estimate of drug-likeness (QED) is 0.0905. The van der Waals surface area contributed by atoms with Gasteiger partial charge in [-0.2, -0.15) is 8.42 Å². The van der Waals surface area contributed by atoms with Crippen LogP contribution >= 0.6 is 0 Å². The second-order valence-electron chi connectivity index (χ2n) is 21.1. The number of fused-ring (bicyclic) bond motifs is 5. The molecule has 20 heteroatoms. The number of carbonyl (C=O) groups excluding carboxylic acids is 1. The molecule has 3 saturated heterocycles. The molecule has 3 saturated carbocycles. The number of aliphatic hydroxyl groups excluding tert-OH is 7. The molecule has 3 aliphatic heterocycles. The molecule has 9 N–H and O–H groups in total. The van der Waals surface area contributed by atoms with Gasteiger partial charge in [0.1, 0.15) is 60.7 Å². The highest BCUT2D eigenvalue weighted by Crippen LogP contribution is 2.67. The Morgan fingerprint density at radius 3 is 2.12 bits per heavy atom. The smallest absolute Gasteiger partial charge is 0.389 e. The van der Waals surface area contributed by atoms with E-state index in [-0.39, 0.29) is 47.7 Å². The van der Waals surface area contributed by atoms with Gasteiger partial charge < -0.3 is 69.3 Å². The minimum atomic E-state index is -4.79. The molecule has 64 heavy (non-hydrogen) atoms. The van der Waals surface area contributed by atoms with E-state index in [0.717, 1.165) is 6.42 Å². The monoisotopic (exact) mass is 936 g/mol. The lowest BCUT2D eigenvalue weighted by molar-refractivity contribution is -0.379. The molecule has 23 atom stereocenters. The topological polar surface area (TPSA) is 298 Å². The Morgan fingerprint density at radius 2 is 1.47 bits per heavy atom. The number of hydrogen-bond donors (Lipinski definition) is 9. The molecular formula is C44H72O19S. The lowest BCUT2D eigenvalue weighted by Crippen LogP contribution is -2.65. The van der Waals surface area contributed by atoms with Gasteiger partial charge in [-0.25, -0.2) is 4.18 Å². The highest BCUT2D eigenvalue weighted by molar-refractivity contribution is 7.80. The molecule has 0 bridgehead atoms. The summed E-state index contributed by atoms with van der Waals surface area (Å²) in [5, 5.41) is 88.3. The molecule has 23 unspecified atom stereocenters. The van der Waals surface area contributed by atoms with Crippen molar-refractivity contribution in [1.82, 2.24) is 0 Å². The summed E-state index contributed by atoms with van der Waals surface area (Å²) in [5.74, 6) is -0.365. The molecule has 6 fully saturated rings. The molecule has 0 radical (unpaired) electrons. The summed E-state index contributed by atoms with van der Waals surface area (Å²) in [7, 11) is -4.79. The van der Waals surface area contributed by atoms with Crippen LogP contribution in [0.1, 0.15) is 106 Å². The fourth-order valence-electron chi connectivity index (χ4n) is 12.9. The zero-order chi connectivity index (χ0) is 47.0. The Kier molecular flexibility index (Phi) is 14.9. The SMILES string of the molecule is CC(C)CC(=O)CC(C)(O)C1CCC2C3CC(OC4OC(C)C(O)C(OC5OCC(O)C(O)C5OC5OC(C)C(O)C(O)C5O)C4O)C4CC(OS(=O)(=O)O)CCC4(C)C3=CCC21C. The van der Waals surface area contributed by atoms with Crippen LogP contribution in [0, 0.1) is 40.4 Å². The number of rotatable bonds is 13. The summed E-state index contributed by atoms with van der Waals surface area (Å²) in [5.41, 5.74) is -0.951. The van der Waals surface area contributed by atoms with Crippen molar-refractivity contribution in [3.63, 3.8) is 0 Å².